The van der Waals surface area contributed by atoms with Crippen molar-refractivity contribution >= 4 is 35.7 Å². The van der Waals surface area contributed by atoms with Gasteiger partial charge in [-0.15, -0.1) is 16.8 Å². The minimum atomic E-state index is -1.19. The molecule has 0 fully saturated rings. The highest BCUT2D eigenvalue weighted by Crippen LogP contribution is 2.27. The molecule has 0 aromatic heterocycles. The number of carbonyl (C=O) groups excluding carboxylic acids is 4. The van der Waals surface area contributed by atoms with E-state index in [4.69, 9.17) is 4.74 Å². The Kier molecular flexibility index (Phi) is 12.8. The first kappa shape index (κ1) is 31.2. The van der Waals surface area contributed by atoms with E-state index in [9.17, 15) is 29.5 Å². The number of hydroxylamine groups is 2. The van der Waals surface area contributed by atoms with Gasteiger partial charge in [-0.3, -0.25) is 14.8 Å². The molecular weight excluding hydrogens is 486 g/mol. The monoisotopic (exact) mass is 525 g/mol. The number of imide groups is 2. The van der Waals surface area contributed by atoms with Crippen molar-refractivity contribution in [2.24, 2.45) is 11.8 Å². The fraction of sp³-hybridized carbons (Fsp3) is 0.600. The number of phenolic OH excluding ortho intramolecular Hbond substituents is 1. The van der Waals surface area contributed by atoms with Crippen LogP contribution in [0.2, 0.25) is 0 Å². The maximum Gasteiger partial charge on any atom is 0.359 e. The van der Waals surface area contributed by atoms with E-state index < -0.39 is 35.5 Å². The topological polar surface area (TPSA) is 136 Å². The van der Waals surface area contributed by atoms with E-state index in [0.717, 1.165) is 4.90 Å². The Hall–Kier alpha value is -2.79. The zero-order valence-corrected chi connectivity index (χ0v) is 22.8. The van der Waals surface area contributed by atoms with Gasteiger partial charge in [-0.2, -0.15) is 0 Å². The molecule has 0 aliphatic heterocycles. The van der Waals surface area contributed by atoms with E-state index in [0.29, 0.717) is 29.4 Å². The summed E-state index contributed by atoms with van der Waals surface area (Å²) >= 11 is 1.36. The quantitative estimate of drug-likeness (QED) is 0.165. The molecule has 10 nitrogen and oxygen atoms in total. The highest BCUT2D eigenvalue weighted by Gasteiger charge is 2.33. The molecule has 0 bridgehead atoms. The molecule has 0 aliphatic carbocycles. The van der Waals surface area contributed by atoms with Gasteiger partial charge >= 0.3 is 18.0 Å². The molecule has 0 saturated heterocycles. The van der Waals surface area contributed by atoms with E-state index in [1.165, 1.54) is 30.9 Å². The van der Waals surface area contributed by atoms with Crippen LogP contribution >= 0.6 is 11.8 Å². The van der Waals surface area contributed by atoms with Gasteiger partial charge in [-0.05, 0) is 63.8 Å². The van der Waals surface area contributed by atoms with Crippen LogP contribution in [0.25, 0.3) is 0 Å². The number of nitrogens with zero attached hydrogens (tertiary/aromatic N) is 2. The fourth-order valence-electron chi connectivity index (χ4n) is 3.13. The number of amides is 5. The van der Waals surface area contributed by atoms with Crippen LogP contribution in [0.5, 0.6) is 5.75 Å². The number of ether oxygens (including phenoxy) is 1. The largest absolute Gasteiger partial charge is 0.508 e. The molecule has 0 heterocycles. The molecule has 202 valence electrons. The molecule has 0 spiro atoms. The minimum Gasteiger partial charge on any atom is -0.508 e. The number of benzene rings is 1. The number of urea groups is 2. The number of hydrogen-bond donors (Lipinski definition) is 3. The summed E-state index contributed by atoms with van der Waals surface area (Å²) in [6.07, 6.45) is 1.19. The lowest BCUT2D eigenvalue weighted by Crippen LogP contribution is -2.52. The number of aromatic hydroxyl groups is 1. The third kappa shape index (κ3) is 11.3. The van der Waals surface area contributed by atoms with Gasteiger partial charge in [0.25, 0.3) is 5.91 Å². The number of nitrogens with one attached hydrogen (secondary N) is 1. The Balaban J connectivity index is 2.90. The van der Waals surface area contributed by atoms with Gasteiger partial charge in [0.2, 0.25) is 0 Å². The van der Waals surface area contributed by atoms with Gasteiger partial charge in [0.05, 0.1) is 5.92 Å². The zero-order chi connectivity index (χ0) is 27.5. The Morgan fingerprint density at radius 2 is 1.69 bits per heavy atom. The summed E-state index contributed by atoms with van der Waals surface area (Å²) in [7, 11) is 1.32. The Labute approximate surface area is 217 Å². The Bertz CT molecular complexity index is 885. The molecule has 0 saturated carbocycles. The van der Waals surface area contributed by atoms with Gasteiger partial charge in [-0.1, -0.05) is 20.3 Å². The Morgan fingerprint density at radius 1 is 1.08 bits per heavy atom. The highest BCUT2D eigenvalue weighted by molar-refractivity contribution is 7.99. The number of thioether (sulfide) groups is 1. The molecule has 1 aromatic carbocycles. The summed E-state index contributed by atoms with van der Waals surface area (Å²) in [6, 6.07) is 4.50. The van der Waals surface area contributed by atoms with Crippen LogP contribution in [0.1, 0.15) is 60.3 Å². The van der Waals surface area contributed by atoms with Crippen molar-refractivity contribution in [2.45, 2.75) is 70.8 Å². The summed E-state index contributed by atoms with van der Waals surface area (Å²) in [6.45, 7) is 9.02. The van der Waals surface area contributed by atoms with Crippen molar-refractivity contribution in [1.29, 1.82) is 0 Å². The normalized spacial score (nSPS) is 12.1. The van der Waals surface area contributed by atoms with E-state index in [1.54, 1.807) is 32.9 Å². The number of hydrogen-bond acceptors (Lipinski definition) is 8. The predicted molar refractivity (Wildman–Crippen MR) is 137 cm³/mol. The van der Waals surface area contributed by atoms with E-state index in [-0.39, 0.29) is 30.2 Å². The second kappa shape index (κ2) is 14.7. The van der Waals surface area contributed by atoms with Crippen LogP contribution in [0.3, 0.4) is 0 Å². The molecule has 36 heavy (non-hydrogen) atoms. The second-order valence-corrected chi connectivity index (χ2v) is 10.9. The standard InChI is InChI=1S/C25H39N3O7S/c1-17(2)9-10-18(16-36-20-13-11-19(29)12-14-20)22(31)28(34)24(33)27(23(32)26-6)15-7-8-21(30)35-25(3,4)5/h11-14,17-18,29,34H,7-10,15-16H2,1-6H3,(H,26,32)/t18-/m1/s1. The molecule has 1 aromatic rings. The number of phenols is 1. The molecule has 3 N–H and O–H groups in total. The summed E-state index contributed by atoms with van der Waals surface area (Å²) in [4.78, 5) is 51.8. The molecule has 5 amide bonds. The Morgan fingerprint density at radius 3 is 2.22 bits per heavy atom. The molecular formula is C25H39N3O7S. The first-order chi connectivity index (χ1) is 16.7. The lowest BCUT2D eigenvalue weighted by atomic mass is 9.98. The molecule has 1 atom stereocenters. The third-order valence-corrected chi connectivity index (χ3v) is 6.17. The van der Waals surface area contributed by atoms with E-state index in [2.05, 4.69) is 5.32 Å². The van der Waals surface area contributed by atoms with Crippen LogP contribution in [-0.4, -0.2) is 69.2 Å². The van der Waals surface area contributed by atoms with Gasteiger partial charge in [0, 0.05) is 30.7 Å². The fourth-order valence-corrected chi connectivity index (χ4v) is 4.16. The van der Waals surface area contributed by atoms with Gasteiger partial charge in [0.15, 0.2) is 0 Å². The summed E-state index contributed by atoms with van der Waals surface area (Å²) in [5.74, 6) is -1.26. The average Bonchev–Trinajstić information content (AvgIpc) is 2.80. The van der Waals surface area contributed by atoms with Crippen LogP contribution in [0.15, 0.2) is 29.2 Å². The summed E-state index contributed by atoms with van der Waals surface area (Å²) in [5, 5.41) is 22.3. The van der Waals surface area contributed by atoms with Crippen molar-refractivity contribution < 1.29 is 34.2 Å². The van der Waals surface area contributed by atoms with Crippen molar-refractivity contribution in [3.05, 3.63) is 24.3 Å². The van der Waals surface area contributed by atoms with Crippen LogP contribution in [0, 0.1) is 11.8 Å². The van der Waals surface area contributed by atoms with Gasteiger partial charge in [0.1, 0.15) is 11.4 Å². The maximum atomic E-state index is 13.1. The lowest BCUT2D eigenvalue weighted by Gasteiger charge is -2.26. The first-order valence-electron chi connectivity index (χ1n) is 11.9. The lowest BCUT2D eigenvalue weighted by molar-refractivity contribution is -0.159. The van der Waals surface area contributed by atoms with Crippen LogP contribution in [-0.2, 0) is 14.3 Å². The summed E-state index contributed by atoms with van der Waals surface area (Å²) in [5.41, 5.74) is -0.662. The number of carbonyl (C=O) groups is 4. The molecule has 1 rings (SSSR count). The van der Waals surface area contributed by atoms with E-state index >= 15 is 0 Å². The van der Waals surface area contributed by atoms with Crippen LogP contribution < -0.4 is 5.32 Å². The molecule has 0 unspecified atom stereocenters. The number of rotatable bonds is 11. The summed E-state index contributed by atoms with van der Waals surface area (Å²) < 4.78 is 5.23. The predicted octanol–water partition coefficient (Wildman–Crippen LogP) is 4.64. The second-order valence-electron chi connectivity index (χ2n) is 9.80. The molecule has 11 heteroatoms. The minimum absolute atomic E-state index is 0.00884. The van der Waals surface area contributed by atoms with Crippen molar-refractivity contribution in [3.63, 3.8) is 0 Å². The van der Waals surface area contributed by atoms with Crippen molar-refractivity contribution in [2.75, 3.05) is 19.3 Å². The third-order valence-electron chi connectivity index (χ3n) is 4.99. The maximum absolute atomic E-state index is 13.1. The molecule has 0 aliphatic rings. The van der Waals surface area contributed by atoms with Crippen LogP contribution in [0.4, 0.5) is 9.59 Å². The van der Waals surface area contributed by atoms with Gasteiger partial charge < -0.3 is 15.2 Å². The SMILES string of the molecule is CNC(=O)N(CCCC(=O)OC(C)(C)C)C(=O)N(O)C(=O)[C@H](CCC(C)C)CSc1ccc(O)cc1. The van der Waals surface area contributed by atoms with Crippen molar-refractivity contribution in [1.82, 2.24) is 15.3 Å². The molecule has 0 radical (unpaired) electrons. The van der Waals surface area contributed by atoms with Gasteiger partial charge in [-0.25, -0.2) is 14.5 Å². The van der Waals surface area contributed by atoms with E-state index in [1.807, 2.05) is 13.8 Å². The zero-order valence-electron chi connectivity index (χ0n) is 21.9. The number of esters is 1. The smallest absolute Gasteiger partial charge is 0.359 e. The average molecular weight is 526 g/mol. The van der Waals surface area contributed by atoms with Crippen molar-refractivity contribution in [3.8, 4) is 5.75 Å². The highest BCUT2D eigenvalue weighted by atomic mass is 32.2. The first-order valence-corrected chi connectivity index (χ1v) is 12.9.